The van der Waals surface area contributed by atoms with E-state index in [0.717, 1.165) is 11.1 Å². The average molecular weight is 198 g/mol. The normalized spacial score (nSPS) is 12.5. The second-order valence-electron chi connectivity index (χ2n) is 2.88. The molecule has 1 unspecified atom stereocenters. The second kappa shape index (κ2) is 4.40. The highest BCUT2D eigenvalue weighted by Crippen LogP contribution is 2.24. The molecule has 13 heavy (non-hydrogen) atoms. The van der Waals surface area contributed by atoms with Crippen LogP contribution in [0.15, 0.2) is 24.3 Å². The maximum atomic E-state index is 11.0. The van der Waals surface area contributed by atoms with E-state index >= 15 is 0 Å². The molecule has 0 amide bonds. The molecule has 1 aromatic rings. The predicted molar refractivity (Wildman–Crippen MR) is 53.6 cm³/mol. The lowest BCUT2D eigenvalue weighted by Crippen LogP contribution is -2.07. The molecular formula is C10H12ClNO. The number of carbonyl (C=O) groups excluding carboxylic acids is 1. The largest absolute Gasteiger partial charge is 0.326 e. The molecule has 0 spiro atoms. The van der Waals surface area contributed by atoms with Gasteiger partial charge in [-0.25, -0.2) is 0 Å². The zero-order chi connectivity index (χ0) is 9.84. The zero-order valence-corrected chi connectivity index (χ0v) is 8.21. The lowest BCUT2D eigenvalue weighted by molar-refractivity contribution is -0.116. The van der Waals surface area contributed by atoms with E-state index < -0.39 is 5.38 Å². The van der Waals surface area contributed by atoms with Crippen LogP contribution in [0, 0.1) is 0 Å². The van der Waals surface area contributed by atoms with Gasteiger partial charge in [0.05, 0.1) is 0 Å². The Kier molecular flexibility index (Phi) is 3.46. The Hall–Kier alpha value is -0.860. The van der Waals surface area contributed by atoms with Crippen molar-refractivity contribution in [2.24, 2.45) is 5.73 Å². The van der Waals surface area contributed by atoms with E-state index in [9.17, 15) is 4.79 Å². The smallest absolute Gasteiger partial charge is 0.152 e. The molecule has 0 heterocycles. The highest BCUT2D eigenvalue weighted by molar-refractivity contribution is 6.30. The Balaban J connectivity index is 3.05. The van der Waals surface area contributed by atoms with E-state index in [2.05, 4.69) is 0 Å². The highest BCUT2D eigenvalue weighted by atomic mass is 35.5. The van der Waals surface area contributed by atoms with Gasteiger partial charge in [-0.15, -0.1) is 11.6 Å². The summed E-state index contributed by atoms with van der Waals surface area (Å²) in [6, 6.07) is 7.46. The summed E-state index contributed by atoms with van der Waals surface area (Å²) >= 11 is 5.92. The van der Waals surface area contributed by atoms with Crippen LogP contribution in [0.1, 0.15) is 23.4 Å². The first-order chi connectivity index (χ1) is 6.16. The topological polar surface area (TPSA) is 43.1 Å². The third kappa shape index (κ3) is 2.29. The summed E-state index contributed by atoms with van der Waals surface area (Å²) < 4.78 is 0. The number of Topliss-reactive ketones (excluding diaryl/α,β-unsaturated/α-hetero) is 1. The quantitative estimate of drug-likeness (QED) is 0.754. The van der Waals surface area contributed by atoms with Gasteiger partial charge in [-0.2, -0.15) is 0 Å². The lowest BCUT2D eigenvalue weighted by atomic mass is 10.0. The van der Waals surface area contributed by atoms with E-state index in [1.165, 1.54) is 6.92 Å². The maximum Gasteiger partial charge on any atom is 0.152 e. The first-order valence-electron chi connectivity index (χ1n) is 4.09. The van der Waals surface area contributed by atoms with Crippen molar-refractivity contribution in [3.05, 3.63) is 35.4 Å². The monoisotopic (exact) mass is 197 g/mol. The van der Waals surface area contributed by atoms with Crippen molar-refractivity contribution < 1.29 is 4.79 Å². The fraction of sp³-hybridized carbons (Fsp3) is 0.300. The zero-order valence-electron chi connectivity index (χ0n) is 7.46. The van der Waals surface area contributed by atoms with Gasteiger partial charge in [0.2, 0.25) is 0 Å². The summed E-state index contributed by atoms with van der Waals surface area (Å²) in [6.45, 7) is 1.89. The molecule has 0 fully saturated rings. The molecule has 0 aromatic heterocycles. The Labute approximate surface area is 82.7 Å². The van der Waals surface area contributed by atoms with Gasteiger partial charge in [-0.1, -0.05) is 24.3 Å². The van der Waals surface area contributed by atoms with Crippen LogP contribution in [-0.2, 0) is 11.3 Å². The van der Waals surface area contributed by atoms with Gasteiger partial charge in [-0.05, 0) is 18.1 Å². The summed E-state index contributed by atoms with van der Waals surface area (Å²) in [4.78, 5) is 11.0. The molecular weight excluding hydrogens is 186 g/mol. The summed E-state index contributed by atoms with van der Waals surface area (Å²) in [6.07, 6.45) is 0. The summed E-state index contributed by atoms with van der Waals surface area (Å²) in [7, 11) is 0. The summed E-state index contributed by atoms with van der Waals surface area (Å²) in [5, 5.41) is -0.570. The van der Waals surface area contributed by atoms with E-state index in [0.29, 0.717) is 6.54 Å². The number of carbonyl (C=O) groups is 1. The third-order valence-corrected chi connectivity index (χ3v) is 2.45. The van der Waals surface area contributed by atoms with Crippen LogP contribution in [0.4, 0.5) is 0 Å². The van der Waals surface area contributed by atoms with Crippen molar-refractivity contribution in [1.82, 2.24) is 0 Å². The maximum absolute atomic E-state index is 11.0. The van der Waals surface area contributed by atoms with Crippen LogP contribution in [0.3, 0.4) is 0 Å². The van der Waals surface area contributed by atoms with Crippen LogP contribution >= 0.6 is 11.6 Å². The van der Waals surface area contributed by atoms with Crippen LogP contribution in [0.5, 0.6) is 0 Å². The molecule has 0 saturated heterocycles. The minimum Gasteiger partial charge on any atom is -0.326 e. The molecule has 0 aliphatic heterocycles. The number of hydrogen-bond donors (Lipinski definition) is 1. The van der Waals surface area contributed by atoms with E-state index in [1.54, 1.807) is 0 Å². The number of hydrogen-bond acceptors (Lipinski definition) is 2. The van der Waals surface area contributed by atoms with Gasteiger partial charge >= 0.3 is 0 Å². The Bertz CT molecular complexity index is 312. The van der Waals surface area contributed by atoms with Crippen LogP contribution in [0.25, 0.3) is 0 Å². The molecule has 2 N–H and O–H groups in total. The second-order valence-corrected chi connectivity index (χ2v) is 3.31. The Morgan fingerprint density at radius 1 is 1.54 bits per heavy atom. The lowest BCUT2D eigenvalue weighted by Gasteiger charge is -2.10. The van der Waals surface area contributed by atoms with Gasteiger partial charge < -0.3 is 5.73 Å². The number of benzene rings is 1. The first kappa shape index (κ1) is 10.2. The van der Waals surface area contributed by atoms with Gasteiger partial charge in [0.15, 0.2) is 5.78 Å². The highest BCUT2D eigenvalue weighted by Gasteiger charge is 2.15. The molecule has 0 bridgehead atoms. The van der Waals surface area contributed by atoms with Crippen molar-refractivity contribution >= 4 is 17.4 Å². The fourth-order valence-electron chi connectivity index (χ4n) is 1.19. The predicted octanol–water partition coefficient (Wildman–Crippen LogP) is 2.01. The van der Waals surface area contributed by atoms with E-state index in [4.69, 9.17) is 17.3 Å². The molecule has 0 aliphatic carbocycles. The number of nitrogens with two attached hydrogens (primary N) is 1. The number of rotatable bonds is 3. The van der Waals surface area contributed by atoms with Crippen molar-refractivity contribution in [1.29, 1.82) is 0 Å². The SMILES string of the molecule is CC(=O)C(Cl)c1ccccc1CN. The van der Waals surface area contributed by atoms with Crippen LogP contribution < -0.4 is 5.73 Å². The van der Waals surface area contributed by atoms with E-state index in [1.807, 2.05) is 24.3 Å². The molecule has 2 nitrogen and oxygen atoms in total. The third-order valence-electron chi connectivity index (χ3n) is 1.90. The Morgan fingerprint density at radius 3 is 2.69 bits per heavy atom. The van der Waals surface area contributed by atoms with Gasteiger partial charge in [0.25, 0.3) is 0 Å². The minimum absolute atomic E-state index is 0.0532. The molecule has 1 rings (SSSR count). The van der Waals surface area contributed by atoms with E-state index in [-0.39, 0.29) is 5.78 Å². The molecule has 1 aromatic carbocycles. The molecule has 0 saturated carbocycles. The fourth-order valence-corrected chi connectivity index (χ4v) is 1.40. The number of halogens is 1. The van der Waals surface area contributed by atoms with Gasteiger partial charge in [0.1, 0.15) is 5.38 Å². The summed E-state index contributed by atoms with van der Waals surface area (Å²) in [5.41, 5.74) is 7.27. The van der Waals surface area contributed by atoms with Crippen LogP contribution in [0.2, 0.25) is 0 Å². The average Bonchev–Trinajstić information content (AvgIpc) is 2.16. The van der Waals surface area contributed by atoms with Gasteiger partial charge in [-0.3, -0.25) is 4.79 Å². The molecule has 3 heteroatoms. The summed E-state index contributed by atoms with van der Waals surface area (Å²) in [5.74, 6) is -0.0532. The first-order valence-corrected chi connectivity index (χ1v) is 4.53. The van der Waals surface area contributed by atoms with Crippen molar-refractivity contribution in [3.8, 4) is 0 Å². The Morgan fingerprint density at radius 2 is 2.15 bits per heavy atom. The molecule has 70 valence electrons. The number of alkyl halides is 1. The molecule has 1 atom stereocenters. The minimum atomic E-state index is -0.570. The van der Waals surface area contributed by atoms with Crippen molar-refractivity contribution in [3.63, 3.8) is 0 Å². The standard InChI is InChI=1S/C10H12ClNO/c1-7(13)10(11)9-5-3-2-4-8(9)6-12/h2-5,10H,6,12H2,1H3. The van der Waals surface area contributed by atoms with Crippen molar-refractivity contribution in [2.75, 3.05) is 0 Å². The van der Waals surface area contributed by atoms with Gasteiger partial charge in [0, 0.05) is 6.54 Å². The molecule has 0 aliphatic rings. The van der Waals surface area contributed by atoms with Crippen molar-refractivity contribution in [2.45, 2.75) is 18.8 Å². The molecule has 0 radical (unpaired) electrons. The number of ketones is 1. The van der Waals surface area contributed by atoms with Crippen LogP contribution in [-0.4, -0.2) is 5.78 Å².